The van der Waals surface area contributed by atoms with E-state index in [0.29, 0.717) is 18.2 Å². The van der Waals surface area contributed by atoms with Gasteiger partial charge >= 0.3 is 0 Å². The van der Waals surface area contributed by atoms with E-state index in [2.05, 4.69) is 36.2 Å². The summed E-state index contributed by atoms with van der Waals surface area (Å²) < 4.78 is 11.9. The molecule has 1 N–H and O–H groups in total. The Kier molecular flexibility index (Phi) is 4.99. The lowest BCUT2D eigenvalue weighted by Gasteiger charge is -2.43. The van der Waals surface area contributed by atoms with Gasteiger partial charge in [0.05, 0.1) is 25.8 Å². The van der Waals surface area contributed by atoms with Gasteiger partial charge in [-0.25, -0.2) is 0 Å². The van der Waals surface area contributed by atoms with Gasteiger partial charge in [-0.15, -0.1) is 0 Å². The second kappa shape index (κ2) is 6.95. The van der Waals surface area contributed by atoms with Crippen LogP contribution in [0.15, 0.2) is 16.5 Å². The SMILES string of the molecule is CC(C)NCc1ccc(CN2CCOC3CCCCC32)o1. The van der Waals surface area contributed by atoms with E-state index in [-0.39, 0.29) is 0 Å². The summed E-state index contributed by atoms with van der Waals surface area (Å²) in [6, 6.07) is 5.31. The largest absolute Gasteiger partial charge is 0.463 e. The van der Waals surface area contributed by atoms with Crippen LogP contribution in [0.2, 0.25) is 0 Å². The molecule has 3 rings (SSSR count). The molecule has 21 heavy (non-hydrogen) atoms. The third-order valence-electron chi connectivity index (χ3n) is 4.61. The quantitative estimate of drug-likeness (QED) is 0.905. The molecule has 1 saturated carbocycles. The minimum Gasteiger partial charge on any atom is -0.463 e. The number of nitrogens with zero attached hydrogens (tertiary/aromatic N) is 1. The van der Waals surface area contributed by atoms with E-state index < -0.39 is 0 Å². The first kappa shape index (κ1) is 15.1. The molecule has 1 aromatic heterocycles. The van der Waals surface area contributed by atoms with Crippen LogP contribution in [0.4, 0.5) is 0 Å². The van der Waals surface area contributed by atoms with Gasteiger partial charge in [-0.3, -0.25) is 4.90 Å². The molecule has 2 fully saturated rings. The van der Waals surface area contributed by atoms with E-state index in [9.17, 15) is 0 Å². The third kappa shape index (κ3) is 3.87. The highest BCUT2D eigenvalue weighted by Gasteiger charge is 2.34. The van der Waals surface area contributed by atoms with Crippen molar-refractivity contribution in [3.63, 3.8) is 0 Å². The maximum Gasteiger partial charge on any atom is 0.118 e. The Morgan fingerprint density at radius 3 is 2.90 bits per heavy atom. The molecule has 0 bridgehead atoms. The van der Waals surface area contributed by atoms with Crippen molar-refractivity contribution in [1.82, 2.24) is 10.2 Å². The fourth-order valence-corrected chi connectivity index (χ4v) is 3.48. The second-order valence-corrected chi connectivity index (χ2v) is 6.64. The minimum atomic E-state index is 0.449. The fraction of sp³-hybridized carbons (Fsp3) is 0.765. The molecule has 4 heteroatoms. The summed E-state index contributed by atoms with van der Waals surface area (Å²) in [6.07, 6.45) is 5.60. The first-order valence-electron chi connectivity index (χ1n) is 8.39. The number of furan rings is 1. The van der Waals surface area contributed by atoms with Gasteiger partial charge in [0.2, 0.25) is 0 Å². The van der Waals surface area contributed by atoms with Crippen molar-refractivity contribution >= 4 is 0 Å². The van der Waals surface area contributed by atoms with Crippen molar-refractivity contribution in [2.75, 3.05) is 13.2 Å². The van der Waals surface area contributed by atoms with Gasteiger partial charge in [0.25, 0.3) is 0 Å². The van der Waals surface area contributed by atoms with Gasteiger partial charge in [-0.2, -0.15) is 0 Å². The number of nitrogens with one attached hydrogen (secondary N) is 1. The topological polar surface area (TPSA) is 37.6 Å². The molecule has 0 radical (unpaired) electrons. The number of ether oxygens (including phenoxy) is 1. The molecule has 0 spiro atoms. The summed E-state index contributed by atoms with van der Waals surface area (Å²) in [5, 5.41) is 3.40. The lowest BCUT2D eigenvalue weighted by atomic mass is 9.90. The molecular weight excluding hydrogens is 264 g/mol. The molecule has 0 aromatic carbocycles. The number of morpholine rings is 1. The van der Waals surface area contributed by atoms with E-state index in [4.69, 9.17) is 9.15 Å². The monoisotopic (exact) mass is 292 g/mol. The van der Waals surface area contributed by atoms with E-state index in [1.165, 1.54) is 25.7 Å². The van der Waals surface area contributed by atoms with Crippen LogP contribution in [-0.4, -0.2) is 36.2 Å². The first-order chi connectivity index (χ1) is 10.2. The van der Waals surface area contributed by atoms with Crippen LogP contribution in [0, 0.1) is 0 Å². The summed E-state index contributed by atoms with van der Waals surface area (Å²) in [6.45, 7) is 7.94. The summed E-state index contributed by atoms with van der Waals surface area (Å²) in [5.74, 6) is 2.12. The minimum absolute atomic E-state index is 0.449. The van der Waals surface area contributed by atoms with Gasteiger partial charge in [-0.05, 0) is 25.0 Å². The molecule has 1 aromatic rings. The molecule has 118 valence electrons. The Labute approximate surface area is 127 Å². The normalized spacial score (nSPS) is 27.0. The molecule has 2 atom stereocenters. The molecule has 2 unspecified atom stereocenters. The molecule has 1 aliphatic heterocycles. The van der Waals surface area contributed by atoms with Gasteiger partial charge in [0.1, 0.15) is 11.5 Å². The van der Waals surface area contributed by atoms with Crippen LogP contribution in [-0.2, 0) is 17.8 Å². The van der Waals surface area contributed by atoms with Crippen LogP contribution in [0.5, 0.6) is 0 Å². The zero-order valence-corrected chi connectivity index (χ0v) is 13.3. The van der Waals surface area contributed by atoms with Gasteiger partial charge in [0.15, 0.2) is 0 Å². The molecule has 0 amide bonds. The Morgan fingerprint density at radius 1 is 1.24 bits per heavy atom. The van der Waals surface area contributed by atoms with Crippen molar-refractivity contribution < 1.29 is 9.15 Å². The predicted octanol–water partition coefficient (Wildman–Crippen LogP) is 2.92. The zero-order valence-electron chi connectivity index (χ0n) is 13.3. The van der Waals surface area contributed by atoms with Crippen LogP contribution < -0.4 is 5.32 Å². The Balaban J connectivity index is 1.57. The Hall–Kier alpha value is -0.840. The average Bonchev–Trinajstić information content (AvgIpc) is 2.93. The highest BCUT2D eigenvalue weighted by atomic mass is 16.5. The van der Waals surface area contributed by atoms with Crippen LogP contribution in [0.1, 0.15) is 51.1 Å². The van der Waals surface area contributed by atoms with Crippen molar-refractivity contribution in [3.05, 3.63) is 23.7 Å². The van der Waals surface area contributed by atoms with Crippen LogP contribution >= 0.6 is 0 Å². The number of fused-ring (bicyclic) bond motifs is 1. The lowest BCUT2D eigenvalue weighted by Crippen LogP contribution is -2.52. The van der Waals surface area contributed by atoms with E-state index in [1.54, 1.807) is 0 Å². The van der Waals surface area contributed by atoms with Crippen LogP contribution in [0.25, 0.3) is 0 Å². The smallest absolute Gasteiger partial charge is 0.118 e. The maximum atomic E-state index is 5.97. The maximum absolute atomic E-state index is 5.97. The summed E-state index contributed by atoms with van der Waals surface area (Å²) >= 11 is 0. The fourth-order valence-electron chi connectivity index (χ4n) is 3.48. The molecule has 1 saturated heterocycles. The Bertz CT molecular complexity index is 442. The van der Waals surface area contributed by atoms with Crippen molar-refractivity contribution in [1.29, 1.82) is 0 Å². The van der Waals surface area contributed by atoms with E-state index in [1.807, 2.05) is 0 Å². The molecule has 2 aliphatic rings. The summed E-state index contributed by atoms with van der Waals surface area (Å²) in [5.41, 5.74) is 0. The molecule has 4 nitrogen and oxygen atoms in total. The number of hydrogen-bond acceptors (Lipinski definition) is 4. The molecular formula is C17H28N2O2. The highest BCUT2D eigenvalue weighted by molar-refractivity contribution is 5.08. The van der Waals surface area contributed by atoms with E-state index >= 15 is 0 Å². The van der Waals surface area contributed by atoms with Crippen molar-refractivity contribution in [2.24, 2.45) is 0 Å². The van der Waals surface area contributed by atoms with Crippen molar-refractivity contribution in [2.45, 2.75) is 70.8 Å². The first-order valence-corrected chi connectivity index (χ1v) is 8.39. The summed E-state index contributed by atoms with van der Waals surface area (Å²) in [7, 11) is 0. The number of rotatable bonds is 5. The Morgan fingerprint density at radius 2 is 2.05 bits per heavy atom. The average molecular weight is 292 g/mol. The molecule has 1 aliphatic carbocycles. The van der Waals surface area contributed by atoms with Gasteiger partial charge in [0, 0.05) is 18.6 Å². The standard InChI is InChI=1S/C17H28N2O2/c1-13(2)18-11-14-7-8-15(21-14)12-19-9-10-20-17-6-4-3-5-16(17)19/h7-8,13,16-18H,3-6,9-12H2,1-2H3. The zero-order chi connectivity index (χ0) is 14.7. The number of hydrogen-bond donors (Lipinski definition) is 1. The third-order valence-corrected chi connectivity index (χ3v) is 4.61. The molecule has 2 heterocycles. The lowest BCUT2D eigenvalue weighted by molar-refractivity contribution is -0.0927. The van der Waals surface area contributed by atoms with Gasteiger partial charge < -0.3 is 14.5 Å². The van der Waals surface area contributed by atoms with E-state index in [0.717, 1.165) is 37.8 Å². The predicted molar refractivity (Wildman–Crippen MR) is 83.1 cm³/mol. The second-order valence-electron chi connectivity index (χ2n) is 6.64. The highest BCUT2D eigenvalue weighted by Crippen LogP contribution is 2.29. The van der Waals surface area contributed by atoms with Crippen molar-refractivity contribution in [3.8, 4) is 0 Å². The summed E-state index contributed by atoms with van der Waals surface area (Å²) in [4.78, 5) is 2.56. The van der Waals surface area contributed by atoms with Gasteiger partial charge in [-0.1, -0.05) is 26.7 Å². The van der Waals surface area contributed by atoms with Crippen LogP contribution in [0.3, 0.4) is 0 Å².